The summed E-state index contributed by atoms with van der Waals surface area (Å²) in [5, 5.41) is 9.50. The summed E-state index contributed by atoms with van der Waals surface area (Å²) < 4.78 is 2.03. The van der Waals surface area contributed by atoms with Gasteiger partial charge in [0.1, 0.15) is 0 Å². The third kappa shape index (κ3) is 1.51. The van der Waals surface area contributed by atoms with Crippen LogP contribution in [-0.2, 0) is 12.8 Å². The van der Waals surface area contributed by atoms with E-state index in [1.165, 1.54) is 22.4 Å². The molecule has 3 aromatic heterocycles. The molecule has 0 fully saturated rings. The van der Waals surface area contributed by atoms with Gasteiger partial charge in [-0.2, -0.15) is 0 Å². The van der Waals surface area contributed by atoms with Gasteiger partial charge in [0.05, 0.1) is 10.6 Å². The quantitative estimate of drug-likeness (QED) is 0.739. The van der Waals surface area contributed by atoms with E-state index in [1.54, 1.807) is 11.3 Å². The maximum Gasteiger partial charge on any atom is 0.171 e. The van der Waals surface area contributed by atoms with Crippen LogP contribution in [0.3, 0.4) is 0 Å². The summed E-state index contributed by atoms with van der Waals surface area (Å²) in [6.07, 6.45) is 5.52. The molecule has 3 heterocycles. The highest BCUT2D eigenvalue weighted by atomic mass is 32.1. The van der Waals surface area contributed by atoms with Crippen LogP contribution in [0, 0.1) is 6.92 Å². The number of nitrogen functional groups attached to an aromatic ring is 1. The van der Waals surface area contributed by atoms with Crippen LogP contribution in [0.15, 0.2) is 18.3 Å². The molecule has 0 amide bonds. The monoisotopic (exact) mass is 270 g/mol. The number of aromatic nitrogens is 3. The van der Waals surface area contributed by atoms with E-state index in [2.05, 4.69) is 23.2 Å². The van der Waals surface area contributed by atoms with Crippen molar-refractivity contribution in [1.29, 1.82) is 0 Å². The van der Waals surface area contributed by atoms with E-state index < -0.39 is 0 Å². The lowest BCUT2D eigenvalue weighted by Gasteiger charge is -2.02. The number of pyridine rings is 1. The summed E-state index contributed by atoms with van der Waals surface area (Å²) in [5.41, 5.74) is 10.8. The third-order valence-corrected chi connectivity index (χ3v) is 4.86. The topological polar surface area (TPSA) is 56.2 Å². The molecule has 19 heavy (non-hydrogen) atoms. The lowest BCUT2D eigenvalue weighted by molar-refractivity contribution is 0.914. The fourth-order valence-corrected chi connectivity index (χ4v) is 3.99. The molecule has 96 valence electrons. The number of anilines is 1. The van der Waals surface area contributed by atoms with Gasteiger partial charge in [-0.05, 0) is 49.4 Å². The Labute approximate surface area is 114 Å². The number of thiophene rings is 1. The predicted octanol–water partition coefficient (Wildman–Crippen LogP) is 2.84. The molecule has 5 heteroatoms. The van der Waals surface area contributed by atoms with Gasteiger partial charge in [-0.15, -0.1) is 21.5 Å². The second-order valence-corrected chi connectivity index (χ2v) is 6.19. The summed E-state index contributed by atoms with van der Waals surface area (Å²) >= 11 is 1.71. The van der Waals surface area contributed by atoms with Crippen LogP contribution in [0.4, 0.5) is 5.00 Å². The number of fused-ring (bicyclic) bond motifs is 2. The zero-order chi connectivity index (χ0) is 13.0. The van der Waals surface area contributed by atoms with Crippen LogP contribution in [0.25, 0.3) is 17.0 Å². The van der Waals surface area contributed by atoms with Crippen LogP contribution < -0.4 is 5.73 Å². The van der Waals surface area contributed by atoms with Gasteiger partial charge in [0.2, 0.25) is 0 Å². The maximum absolute atomic E-state index is 6.20. The first-order valence-electron chi connectivity index (χ1n) is 6.46. The Balaban J connectivity index is 2.00. The van der Waals surface area contributed by atoms with Crippen LogP contribution in [0.2, 0.25) is 0 Å². The standard InChI is InChI=1S/C14H14N4S/c1-8-5-6-18-11(7-8)16-17-14(18)12-9-3-2-4-10(9)19-13(12)15/h5-7H,2-4,15H2,1H3. The number of nitrogens with zero attached hydrogens (tertiary/aromatic N) is 3. The van der Waals surface area contributed by atoms with Crippen molar-refractivity contribution in [3.63, 3.8) is 0 Å². The Morgan fingerprint density at radius 2 is 2.21 bits per heavy atom. The second-order valence-electron chi connectivity index (χ2n) is 5.05. The summed E-state index contributed by atoms with van der Waals surface area (Å²) in [6, 6.07) is 4.11. The van der Waals surface area contributed by atoms with Crippen molar-refractivity contribution in [2.24, 2.45) is 0 Å². The molecular formula is C14H14N4S. The molecule has 0 radical (unpaired) electrons. The highest BCUT2D eigenvalue weighted by Crippen LogP contribution is 2.42. The molecule has 0 aromatic carbocycles. The maximum atomic E-state index is 6.20. The molecule has 0 spiro atoms. The minimum Gasteiger partial charge on any atom is -0.390 e. The van der Waals surface area contributed by atoms with Gasteiger partial charge in [0, 0.05) is 11.1 Å². The Morgan fingerprint density at radius 3 is 3.11 bits per heavy atom. The Hall–Kier alpha value is -1.88. The Kier molecular flexibility index (Phi) is 2.20. The van der Waals surface area contributed by atoms with Gasteiger partial charge in [-0.3, -0.25) is 4.40 Å². The molecule has 2 N–H and O–H groups in total. The number of hydrogen-bond donors (Lipinski definition) is 1. The van der Waals surface area contributed by atoms with Crippen LogP contribution >= 0.6 is 11.3 Å². The first kappa shape index (κ1) is 11.0. The van der Waals surface area contributed by atoms with Crippen LogP contribution in [0.1, 0.15) is 22.4 Å². The van der Waals surface area contributed by atoms with E-state index in [-0.39, 0.29) is 0 Å². The molecule has 1 aliphatic rings. The van der Waals surface area contributed by atoms with Gasteiger partial charge in [-0.1, -0.05) is 0 Å². The third-order valence-electron chi connectivity index (χ3n) is 3.74. The molecule has 0 saturated carbocycles. The van der Waals surface area contributed by atoms with Gasteiger partial charge in [-0.25, -0.2) is 0 Å². The Morgan fingerprint density at radius 1 is 1.32 bits per heavy atom. The summed E-state index contributed by atoms with van der Waals surface area (Å²) in [5.74, 6) is 0.881. The van der Waals surface area contributed by atoms with E-state index in [0.717, 1.165) is 34.9 Å². The van der Waals surface area contributed by atoms with Gasteiger partial charge in [0.15, 0.2) is 11.5 Å². The lowest BCUT2D eigenvalue weighted by atomic mass is 10.1. The van der Waals surface area contributed by atoms with Crippen molar-refractivity contribution in [3.05, 3.63) is 34.3 Å². The predicted molar refractivity (Wildman–Crippen MR) is 77.5 cm³/mol. The molecule has 4 rings (SSSR count). The van der Waals surface area contributed by atoms with Crippen molar-refractivity contribution in [1.82, 2.24) is 14.6 Å². The zero-order valence-corrected chi connectivity index (χ0v) is 11.5. The smallest absolute Gasteiger partial charge is 0.171 e. The lowest BCUT2D eigenvalue weighted by Crippen LogP contribution is -1.94. The van der Waals surface area contributed by atoms with Gasteiger partial charge in [0.25, 0.3) is 0 Å². The average molecular weight is 270 g/mol. The van der Waals surface area contributed by atoms with E-state index in [0.29, 0.717) is 0 Å². The van der Waals surface area contributed by atoms with Crippen molar-refractivity contribution in [2.45, 2.75) is 26.2 Å². The van der Waals surface area contributed by atoms with E-state index >= 15 is 0 Å². The molecule has 0 unspecified atom stereocenters. The average Bonchev–Trinajstić information content (AvgIpc) is 3.03. The largest absolute Gasteiger partial charge is 0.390 e. The number of nitrogens with two attached hydrogens (primary N) is 1. The molecule has 4 nitrogen and oxygen atoms in total. The SMILES string of the molecule is Cc1ccn2c(-c3c(N)sc4c3CCC4)nnc2c1. The van der Waals surface area contributed by atoms with Crippen LogP contribution in [-0.4, -0.2) is 14.6 Å². The van der Waals surface area contributed by atoms with Gasteiger partial charge >= 0.3 is 0 Å². The highest BCUT2D eigenvalue weighted by Gasteiger charge is 2.24. The van der Waals surface area contributed by atoms with Crippen molar-refractivity contribution in [3.8, 4) is 11.4 Å². The van der Waals surface area contributed by atoms with Gasteiger partial charge < -0.3 is 5.73 Å². The van der Waals surface area contributed by atoms with Crippen molar-refractivity contribution < 1.29 is 0 Å². The molecule has 0 atom stereocenters. The molecule has 3 aromatic rings. The first-order chi connectivity index (χ1) is 9.24. The highest BCUT2D eigenvalue weighted by molar-refractivity contribution is 7.16. The summed E-state index contributed by atoms with van der Waals surface area (Å²) in [7, 11) is 0. The van der Waals surface area contributed by atoms with Crippen LogP contribution in [0.5, 0.6) is 0 Å². The summed E-state index contributed by atoms with van der Waals surface area (Å²) in [6.45, 7) is 2.06. The minimum atomic E-state index is 0.875. The Bertz CT molecular complexity index is 784. The van der Waals surface area contributed by atoms with Crippen molar-refractivity contribution in [2.75, 3.05) is 5.73 Å². The van der Waals surface area contributed by atoms with E-state index in [4.69, 9.17) is 5.73 Å². The van der Waals surface area contributed by atoms with Crippen molar-refractivity contribution >= 4 is 22.0 Å². The number of aryl methyl sites for hydroxylation is 2. The molecular weight excluding hydrogens is 256 g/mol. The molecule has 0 aliphatic heterocycles. The normalized spacial score (nSPS) is 14.2. The first-order valence-corrected chi connectivity index (χ1v) is 7.27. The zero-order valence-electron chi connectivity index (χ0n) is 10.7. The van der Waals surface area contributed by atoms with E-state index in [9.17, 15) is 0 Å². The summed E-state index contributed by atoms with van der Waals surface area (Å²) in [4.78, 5) is 1.43. The minimum absolute atomic E-state index is 0.875. The molecule has 0 saturated heterocycles. The molecule has 1 aliphatic carbocycles. The molecule has 0 bridgehead atoms. The van der Waals surface area contributed by atoms with E-state index in [1.807, 2.05) is 16.7 Å². The fraction of sp³-hybridized carbons (Fsp3) is 0.286. The second kappa shape index (κ2) is 3.81. The fourth-order valence-electron chi connectivity index (χ4n) is 2.83. The number of rotatable bonds is 1. The number of hydrogen-bond acceptors (Lipinski definition) is 4.